The zero-order valence-corrected chi connectivity index (χ0v) is 9.27. The number of nitrogens with two attached hydrogens (primary N) is 1. The van der Waals surface area contributed by atoms with Gasteiger partial charge >= 0.3 is 0 Å². The number of hydrogen-bond acceptors (Lipinski definition) is 4. The molecule has 1 aromatic carbocycles. The van der Waals surface area contributed by atoms with Gasteiger partial charge in [-0.2, -0.15) is 21.0 Å². The lowest BCUT2D eigenvalue weighted by atomic mass is 10.1. The van der Waals surface area contributed by atoms with Crippen molar-refractivity contribution >= 4 is 28.4 Å². The number of thiol groups is 1. The van der Waals surface area contributed by atoms with Crippen molar-refractivity contribution in [3.8, 4) is 0 Å². The van der Waals surface area contributed by atoms with E-state index in [2.05, 4.69) is 12.6 Å². The van der Waals surface area contributed by atoms with Crippen LogP contribution in [0.15, 0.2) is 17.0 Å². The van der Waals surface area contributed by atoms with Crippen LogP contribution in [0, 0.1) is 6.92 Å². The number of aryl methyl sites for hydroxylation is 1. The Balaban J connectivity index is 3.53. The van der Waals surface area contributed by atoms with Crippen molar-refractivity contribution < 1.29 is 13.0 Å². The van der Waals surface area contributed by atoms with Crippen LogP contribution in [-0.4, -0.2) is 13.0 Å². The molecule has 0 bridgehead atoms. The monoisotopic (exact) mass is 233 g/mol. The lowest BCUT2D eigenvalue weighted by molar-refractivity contribution is 0.483. The third-order valence-corrected chi connectivity index (χ3v) is 3.05. The first kappa shape index (κ1) is 11.4. The molecule has 4 nitrogen and oxygen atoms in total. The maximum Gasteiger partial charge on any atom is 0.296 e. The van der Waals surface area contributed by atoms with E-state index in [0.29, 0.717) is 11.3 Å². The quantitative estimate of drug-likeness (QED) is 0.408. The van der Waals surface area contributed by atoms with Crippen LogP contribution in [-0.2, 0) is 15.9 Å². The van der Waals surface area contributed by atoms with Gasteiger partial charge in [-0.3, -0.25) is 4.55 Å². The zero-order chi connectivity index (χ0) is 10.9. The van der Waals surface area contributed by atoms with Gasteiger partial charge in [0.05, 0.1) is 5.69 Å². The molecule has 0 aliphatic carbocycles. The first-order valence-corrected chi connectivity index (χ1v) is 5.91. The van der Waals surface area contributed by atoms with Gasteiger partial charge < -0.3 is 5.73 Å². The van der Waals surface area contributed by atoms with E-state index in [1.807, 2.05) is 0 Å². The predicted molar refractivity (Wildman–Crippen MR) is 58.1 cm³/mol. The largest absolute Gasteiger partial charge is 0.397 e. The summed E-state index contributed by atoms with van der Waals surface area (Å²) < 4.78 is 30.7. The molecule has 0 radical (unpaired) electrons. The Morgan fingerprint density at radius 1 is 1.50 bits per heavy atom. The zero-order valence-electron chi connectivity index (χ0n) is 7.56. The molecule has 0 heterocycles. The van der Waals surface area contributed by atoms with Crippen LogP contribution in [0.25, 0.3) is 0 Å². The van der Waals surface area contributed by atoms with Crippen LogP contribution in [0.1, 0.15) is 11.1 Å². The molecule has 0 unspecified atom stereocenters. The van der Waals surface area contributed by atoms with Gasteiger partial charge in [0.1, 0.15) is 4.90 Å². The van der Waals surface area contributed by atoms with Crippen LogP contribution in [0.4, 0.5) is 5.69 Å². The summed E-state index contributed by atoms with van der Waals surface area (Å²) in [5, 5.41) is 0. The van der Waals surface area contributed by atoms with Gasteiger partial charge in [-0.1, -0.05) is 6.07 Å². The fourth-order valence-electron chi connectivity index (χ4n) is 1.18. The topological polar surface area (TPSA) is 80.4 Å². The minimum atomic E-state index is -4.25. The molecule has 0 amide bonds. The van der Waals surface area contributed by atoms with Gasteiger partial charge in [0, 0.05) is 5.75 Å². The summed E-state index contributed by atoms with van der Waals surface area (Å²) in [7, 11) is -4.25. The van der Waals surface area contributed by atoms with E-state index in [0.717, 1.165) is 5.56 Å². The normalized spacial score (nSPS) is 11.6. The second-order valence-electron chi connectivity index (χ2n) is 2.97. The maximum atomic E-state index is 10.9. The Morgan fingerprint density at radius 2 is 2.07 bits per heavy atom. The number of anilines is 1. The highest BCUT2D eigenvalue weighted by Crippen LogP contribution is 2.25. The summed E-state index contributed by atoms with van der Waals surface area (Å²) in [6.45, 7) is 1.72. The third-order valence-electron chi connectivity index (χ3n) is 1.82. The molecule has 14 heavy (non-hydrogen) atoms. The second-order valence-corrected chi connectivity index (χ2v) is 4.68. The van der Waals surface area contributed by atoms with E-state index < -0.39 is 10.1 Å². The molecule has 0 fully saturated rings. The average Bonchev–Trinajstić information content (AvgIpc) is 2.06. The van der Waals surface area contributed by atoms with E-state index >= 15 is 0 Å². The summed E-state index contributed by atoms with van der Waals surface area (Å²) in [6.07, 6.45) is 0. The van der Waals surface area contributed by atoms with Crippen LogP contribution in [0.3, 0.4) is 0 Å². The summed E-state index contributed by atoms with van der Waals surface area (Å²) in [6, 6.07) is 3.06. The Hall–Kier alpha value is -0.720. The van der Waals surface area contributed by atoms with Crippen LogP contribution in [0.5, 0.6) is 0 Å². The molecule has 0 spiro atoms. The van der Waals surface area contributed by atoms with Crippen molar-refractivity contribution in [3.05, 3.63) is 23.3 Å². The molecule has 0 aromatic heterocycles. The van der Waals surface area contributed by atoms with E-state index in [1.165, 1.54) is 6.07 Å². The van der Waals surface area contributed by atoms with Gasteiger partial charge in [0.15, 0.2) is 0 Å². The smallest absolute Gasteiger partial charge is 0.296 e. The SMILES string of the molecule is Cc1cc(CS)c(N)c(S(=O)(=O)O)c1. The second kappa shape index (κ2) is 3.80. The predicted octanol–water partition coefficient (Wildman–Crippen LogP) is 1.25. The van der Waals surface area contributed by atoms with Gasteiger partial charge in [0.2, 0.25) is 0 Å². The molecule has 0 aliphatic heterocycles. The minimum Gasteiger partial charge on any atom is -0.397 e. The molecule has 6 heteroatoms. The molecule has 1 aromatic rings. The van der Waals surface area contributed by atoms with Crippen molar-refractivity contribution in [2.45, 2.75) is 17.6 Å². The Bertz CT molecular complexity index is 454. The maximum absolute atomic E-state index is 10.9. The standard InChI is InChI=1S/C8H11NO3S2/c1-5-2-6(4-13)8(9)7(3-5)14(10,11)12/h2-3,13H,4,9H2,1H3,(H,10,11,12). The van der Waals surface area contributed by atoms with Gasteiger partial charge in [-0.05, 0) is 24.1 Å². The number of hydrogen-bond donors (Lipinski definition) is 3. The van der Waals surface area contributed by atoms with E-state index in [9.17, 15) is 8.42 Å². The van der Waals surface area contributed by atoms with Crippen molar-refractivity contribution in [3.63, 3.8) is 0 Å². The van der Waals surface area contributed by atoms with Crippen molar-refractivity contribution in [2.24, 2.45) is 0 Å². The number of nitrogen functional groups attached to an aromatic ring is 1. The highest BCUT2D eigenvalue weighted by Gasteiger charge is 2.16. The summed E-state index contributed by atoms with van der Waals surface area (Å²) in [5.74, 6) is 0.329. The van der Waals surface area contributed by atoms with Crippen LogP contribution >= 0.6 is 12.6 Å². The molecule has 0 saturated carbocycles. The highest BCUT2D eigenvalue weighted by molar-refractivity contribution is 7.86. The lowest BCUT2D eigenvalue weighted by Gasteiger charge is -2.08. The highest BCUT2D eigenvalue weighted by atomic mass is 32.2. The molecular weight excluding hydrogens is 222 g/mol. The summed E-state index contributed by atoms with van der Waals surface area (Å²) in [5.41, 5.74) is 6.94. The molecule has 0 aliphatic rings. The lowest BCUT2D eigenvalue weighted by Crippen LogP contribution is -2.06. The Kier molecular flexibility index (Phi) is 3.08. The van der Waals surface area contributed by atoms with E-state index in [1.54, 1.807) is 13.0 Å². The molecule has 3 N–H and O–H groups in total. The van der Waals surface area contributed by atoms with Crippen LogP contribution in [0.2, 0.25) is 0 Å². The average molecular weight is 233 g/mol. The number of rotatable bonds is 2. The van der Waals surface area contributed by atoms with Crippen molar-refractivity contribution in [1.82, 2.24) is 0 Å². The van der Waals surface area contributed by atoms with E-state index in [-0.39, 0.29) is 10.6 Å². The Labute approximate surface area is 88.3 Å². The molecule has 1 rings (SSSR count). The molecule has 78 valence electrons. The van der Waals surface area contributed by atoms with Crippen molar-refractivity contribution in [2.75, 3.05) is 5.73 Å². The molecule has 0 atom stereocenters. The fourth-order valence-corrected chi connectivity index (χ4v) is 2.19. The molecular formula is C8H11NO3S2. The van der Waals surface area contributed by atoms with Gasteiger partial charge in [-0.15, -0.1) is 0 Å². The van der Waals surface area contributed by atoms with E-state index in [4.69, 9.17) is 10.3 Å². The van der Waals surface area contributed by atoms with Crippen molar-refractivity contribution in [1.29, 1.82) is 0 Å². The summed E-state index contributed by atoms with van der Waals surface area (Å²) >= 11 is 4.01. The number of benzene rings is 1. The Morgan fingerprint density at radius 3 is 2.50 bits per heavy atom. The minimum absolute atomic E-state index is 0.0631. The third kappa shape index (κ3) is 2.20. The molecule has 0 saturated heterocycles. The first-order valence-electron chi connectivity index (χ1n) is 3.83. The fraction of sp³-hybridized carbons (Fsp3) is 0.250. The van der Waals surface area contributed by atoms with Gasteiger partial charge in [-0.25, -0.2) is 0 Å². The summed E-state index contributed by atoms with van der Waals surface area (Å²) in [4.78, 5) is -0.249. The first-order chi connectivity index (χ1) is 6.36. The van der Waals surface area contributed by atoms with Crippen LogP contribution < -0.4 is 5.73 Å². The van der Waals surface area contributed by atoms with Gasteiger partial charge in [0.25, 0.3) is 10.1 Å².